The second kappa shape index (κ2) is 11.0. The molecule has 0 radical (unpaired) electrons. The number of urea groups is 1. The number of rotatable bonds is 7. The summed E-state index contributed by atoms with van der Waals surface area (Å²) in [5.74, 6) is 1.13. The number of nitrogens with one attached hydrogen (secondary N) is 2. The molecule has 2 N–H and O–H groups in total. The number of hydrogen-bond donors (Lipinski definition) is 2. The molecule has 0 atom stereocenters. The lowest BCUT2D eigenvalue weighted by atomic mass is 10.1. The van der Waals surface area contributed by atoms with E-state index in [0.717, 1.165) is 62.0 Å². The van der Waals surface area contributed by atoms with Gasteiger partial charge in [0.1, 0.15) is 5.82 Å². The minimum absolute atomic E-state index is 0.244. The van der Waals surface area contributed by atoms with Gasteiger partial charge in [-0.2, -0.15) is 4.37 Å². The van der Waals surface area contributed by atoms with Crippen LogP contribution in [0.5, 0.6) is 0 Å². The fourth-order valence-corrected chi connectivity index (χ4v) is 5.26. The summed E-state index contributed by atoms with van der Waals surface area (Å²) in [4.78, 5) is 19.3. The van der Waals surface area contributed by atoms with Crippen molar-refractivity contribution in [1.29, 1.82) is 0 Å². The zero-order valence-corrected chi connectivity index (χ0v) is 21.6. The molecule has 4 aromatic rings. The van der Waals surface area contributed by atoms with Gasteiger partial charge >= 0.3 is 6.03 Å². The standard InChI is InChI=1S/C28H32N6OS/c1-32(2)24-13-11-23(12-14-24)30-28(35)29-22-9-7-21(8-10-22)15-16-33-17-19-34(20-18-33)27-25-5-3-4-6-26(25)36-31-27/h3-14H,15-20H2,1-2H3,(H2,29,30,35). The van der Waals surface area contributed by atoms with Crippen LogP contribution in [0.25, 0.3) is 10.1 Å². The summed E-state index contributed by atoms with van der Waals surface area (Å²) < 4.78 is 5.97. The third kappa shape index (κ3) is 5.78. The average Bonchev–Trinajstić information content (AvgIpc) is 3.33. The van der Waals surface area contributed by atoms with E-state index in [1.165, 1.54) is 15.6 Å². The SMILES string of the molecule is CN(C)c1ccc(NC(=O)Nc2ccc(CCN3CCN(c4nsc5ccccc45)CC3)cc2)cc1. The van der Waals surface area contributed by atoms with E-state index in [0.29, 0.717) is 0 Å². The first-order valence-electron chi connectivity index (χ1n) is 12.3. The summed E-state index contributed by atoms with van der Waals surface area (Å²) in [7, 11) is 3.98. The van der Waals surface area contributed by atoms with Gasteiger partial charge in [0.2, 0.25) is 0 Å². The summed E-state index contributed by atoms with van der Waals surface area (Å²) in [6.07, 6.45) is 0.990. The molecule has 3 aromatic carbocycles. The van der Waals surface area contributed by atoms with Crippen molar-refractivity contribution < 1.29 is 4.79 Å². The first-order chi connectivity index (χ1) is 17.5. The number of aromatic nitrogens is 1. The molecule has 5 rings (SSSR count). The number of anilines is 4. The van der Waals surface area contributed by atoms with Gasteiger partial charge < -0.3 is 20.4 Å². The Balaban J connectivity index is 1.06. The number of carbonyl (C=O) groups is 1. The number of carbonyl (C=O) groups excluding carboxylic acids is 1. The number of hydrogen-bond acceptors (Lipinski definition) is 6. The topological polar surface area (TPSA) is 63.7 Å². The van der Waals surface area contributed by atoms with Gasteiger partial charge in [0.15, 0.2) is 0 Å². The van der Waals surface area contributed by atoms with Crippen molar-refractivity contribution in [3.05, 3.63) is 78.4 Å². The Labute approximate surface area is 216 Å². The van der Waals surface area contributed by atoms with Gasteiger partial charge in [-0.3, -0.25) is 4.90 Å². The van der Waals surface area contributed by atoms with E-state index in [1.54, 1.807) is 11.5 Å². The summed E-state index contributed by atoms with van der Waals surface area (Å²) in [6.45, 7) is 5.12. The molecule has 7 nitrogen and oxygen atoms in total. The first kappa shape index (κ1) is 24.1. The molecule has 1 saturated heterocycles. The molecule has 0 spiro atoms. The Bertz CT molecular complexity index is 1290. The first-order valence-corrected chi connectivity index (χ1v) is 13.1. The molecule has 1 aromatic heterocycles. The van der Waals surface area contributed by atoms with Gasteiger partial charge in [0.05, 0.1) is 4.70 Å². The van der Waals surface area contributed by atoms with Crippen molar-refractivity contribution in [2.45, 2.75) is 6.42 Å². The van der Waals surface area contributed by atoms with Gasteiger partial charge in [-0.1, -0.05) is 24.3 Å². The monoisotopic (exact) mass is 500 g/mol. The largest absolute Gasteiger partial charge is 0.378 e. The number of amides is 2. The second-order valence-electron chi connectivity index (χ2n) is 9.30. The minimum Gasteiger partial charge on any atom is -0.378 e. The lowest BCUT2D eigenvalue weighted by Crippen LogP contribution is -2.47. The Morgan fingerprint density at radius 3 is 2.19 bits per heavy atom. The van der Waals surface area contributed by atoms with Crippen molar-refractivity contribution in [1.82, 2.24) is 9.27 Å². The molecular weight excluding hydrogens is 468 g/mol. The van der Waals surface area contributed by atoms with E-state index in [-0.39, 0.29) is 6.03 Å². The van der Waals surface area contributed by atoms with Crippen LogP contribution in [0.2, 0.25) is 0 Å². The molecular formula is C28H32N6OS. The maximum absolute atomic E-state index is 12.4. The third-order valence-electron chi connectivity index (χ3n) is 6.60. The highest BCUT2D eigenvalue weighted by Crippen LogP contribution is 2.29. The Morgan fingerprint density at radius 1 is 0.889 bits per heavy atom. The average molecular weight is 501 g/mol. The van der Waals surface area contributed by atoms with Crippen molar-refractivity contribution >= 4 is 50.5 Å². The summed E-state index contributed by atoms with van der Waals surface area (Å²) in [5, 5.41) is 7.05. The molecule has 2 heterocycles. The van der Waals surface area contributed by atoms with Crippen LogP contribution in [0.3, 0.4) is 0 Å². The van der Waals surface area contributed by atoms with Gasteiger partial charge in [-0.25, -0.2) is 4.79 Å². The zero-order valence-electron chi connectivity index (χ0n) is 20.8. The van der Waals surface area contributed by atoms with Gasteiger partial charge in [0, 0.05) is 69.3 Å². The van der Waals surface area contributed by atoms with Gasteiger partial charge in [0.25, 0.3) is 0 Å². The van der Waals surface area contributed by atoms with Crippen LogP contribution in [0.4, 0.5) is 27.7 Å². The van der Waals surface area contributed by atoms with Crippen LogP contribution in [0.15, 0.2) is 72.8 Å². The van der Waals surface area contributed by atoms with Crippen LogP contribution in [0.1, 0.15) is 5.56 Å². The normalized spacial score (nSPS) is 14.1. The van der Waals surface area contributed by atoms with E-state index >= 15 is 0 Å². The van der Waals surface area contributed by atoms with Gasteiger partial charge in [-0.05, 0) is 72.0 Å². The summed E-state index contributed by atoms with van der Waals surface area (Å²) >= 11 is 1.59. The van der Waals surface area contributed by atoms with Crippen molar-refractivity contribution in [3.8, 4) is 0 Å². The van der Waals surface area contributed by atoms with E-state index in [1.807, 2.05) is 55.4 Å². The van der Waals surface area contributed by atoms with Crippen molar-refractivity contribution in [2.75, 3.05) is 67.3 Å². The molecule has 1 fully saturated rings. The number of fused-ring (bicyclic) bond motifs is 1. The van der Waals surface area contributed by atoms with E-state index in [2.05, 4.69) is 56.8 Å². The van der Waals surface area contributed by atoms with Crippen LogP contribution in [-0.4, -0.2) is 62.1 Å². The minimum atomic E-state index is -0.244. The Kier molecular flexibility index (Phi) is 7.34. The molecule has 0 unspecified atom stereocenters. The van der Waals surface area contributed by atoms with Crippen LogP contribution < -0.4 is 20.4 Å². The van der Waals surface area contributed by atoms with Crippen LogP contribution in [0, 0.1) is 0 Å². The molecule has 0 aliphatic carbocycles. The highest BCUT2D eigenvalue weighted by Gasteiger charge is 2.20. The smallest absolute Gasteiger partial charge is 0.323 e. The predicted molar refractivity (Wildman–Crippen MR) is 152 cm³/mol. The maximum atomic E-state index is 12.4. The van der Waals surface area contributed by atoms with Crippen LogP contribution in [-0.2, 0) is 6.42 Å². The Hall–Kier alpha value is -3.62. The molecule has 186 valence electrons. The quantitative estimate of drug-likeness (QED) is 0.357. The molecule has 0 bridgehead atoms. The number of benzene rings is 3. The molecule has 1 aliphatic heterocycles. The molecule has 8 heteroatoms. The van der Waals surface area contributed by atoms with Gasteiger partial charge in [-0.15, -0.1) is 0 Å². The van der Waals surface area contributed by atoms with Crippen LogP contribution >= 0.6 is 11.5 Å². The van der Waals surface area contributed by atoms with Crippen molar-refractivity contribution in [2.24, 2.45) is 0 Å². The fraction of sp³-hybridized carbons (Fsp3) is 0.286. The fourth-order valence-electron chi connectivity index (χ4n) is 4.46. The predicted octanol–water partition coefficient (Wildman–Crippen LogP) is 5.37. The summed E-state index contributed by atoms with van der Waals surface area (Å²) in [5.41, 5.74) is 3.91. The number of nitrogens with zero attached hydrogens (tertiary/aromatic N) is 4. The highest BCUT2D eigenvalue weighted by atomic mass is 32.1. The zero-order chi connectivity index (χ0) is 24.9. The Morgan fingerprint density at radius 2 is 1.53 bits per heavy atom. The second-order valence-corrected chi connectivity index (χ2v) is 10.1. The molecule has 36 heavy (non-hydrogen) atoms. The van der Waals surface area contributed by atoms with E-state index < -0.39 is 0 Å². The lowest BCUT2D eigenvalue weighted by Gasteiger charge is -2.35. The highest BCUT2D eigenvalue weighted by molar-refractivity contribution is 7.13. The number of piperazine rings is 1. The molecule has 0 saturated carbocycles. The molecule has 1 aliphatic rings. The molecule has 2 amide bonds. The summed E-state index contributed by atoms with van der Waals surface area (Å²) in [6, 6.07) is 24.1. The van der Waals surface area contributed by atoms with E-state index in [4.69, 9.17) is 4.37 Å². The van der Waals surface area contributed by atoms with Crippen molar-refractivity contribution in [3.63, 3.8) is 0 Å². The maximum Gasteiger partial charge on any atom is 0.323 e. The van der Waals surface area contributed by atoms with E-state index in [9.17, 15) is 4.79 Å². The lowest BCUT2D eigenvalue weighted by molar-refractivity contribution is 0.260. The third-order valence-corrected chi connectivity index (χ3v) is 7.42.